The Kier molecular flexibility index (Phi) is 2.78. The van der Waals surface area contributed by atoms with Crippen molar-refractivity contribution >= 4 is 17.5 Å². The number of aromatic amines is 1. The minimum atomic E-state index is -0.0519. The second kappa shape index (κ2) is 3.69. The molecule has 1 amide bonds. The molecule has 1 heterocycles. The maximum absolute atomic E-state index is 11.4. The van der Waals surface area contributed by atoms with Crippen molar-refractivity contribution in [2.75, 3.05) is 11.1 Å². The minimum absolute atomic E-state index is 0.0219. The number of hydrogen-bond donors (Lipinski definition) is 3. The summed E-state index contributed by atoms with van der Waals surface area (Å²) >= 11 is 0. The number of anilines is 2. The monoisotopic (exact) mass is 196 g/mol. The van der Waals surface area contributed by atoms with E-state index >= 15 is 0 Å². The Balaban J connectivity index is 2.50. The first-order valence-electron chi connectivity index (χ1n) is 4.47. The SMILES string of the molecule is CC(C)(C)CC(=O)Nc1cc(N)[nH]n1. The highest BCUT2D eigenvalue weighted by Crippen LogP contribution is 2.19. The van der Waals surface area contributed by atoms with Gasteiger partial charge >= 0.3 is 0 Å². The summed E-state index contributed by atoms with van der Waals surface area (Å²) in [6.45, 7) is 6.02. The van der Waals surface area contributed by atoms with Crippen LogP contribution in [0.2, 0.25) is 0 Å². The van der Waals surface area contributed by atoms with Crippen LogP contribution >= 0.6 is 0 Å². The molecule has 4 N–H and O–H groups in total. The van der Waals surface area contributed by atoms with Crippen molar-refractivity contribution < 1.29 is 4.79 Å². The van der Waals surface area contributed by atoms with E-state index in [0.717, 1.165) is 0 Å². The van der Waals surface area contributed by atoms with Crippen LogP contribution in [0.3, 0.4) is 0 Å². The molecule has 0 unspecified atom stereocenters. The second-order valence-electron chi connectivity index (χ2n) is 4.49. The molecule has 0 radical (unpaired) electrons. The van der Waals surface area contributed by atoms with Crippen LogP contribution in [0, 0.1) is 5.41 Å². The van der Waals surface area contributed by atoms with Crippen LogP contribution in [0.4, 0.5) is 11.6 Å². The first-order valence-corrected chi connectivity index (χ1v) is 4.47. The highest BCUT2D eigenvalue weighted by Gasteiger charge is 2.16. The molecule has 0 aliphatic rings. The van der Waals surface area contributed by atoms with Crippen molar-refractivity contribution in [1.82, 2.24) is 10.2 Å². The molecule has 0 bridgehead atoms. The molecule has 0 aliphatic heterocycles. The van der Waals surface area contributed by atoms with Gasteiger partial charge in [0.15, 0.2) is 5.82 Å². The molecule has 0 saturated carbocycles. The largest absolute Gasteiger partial charge is 0.384 e. The molecule has 5 heteroatoms. The summed E-state index contributed by atoms with van der Waals surface area (Å²) in [6, 6.07) is 1.58. The summed E-state index contributed by atoms with van der Waals surface area (Å²) in [5.74, 6) is 0.858. The number of carbonyl (C=O) groups excluding carboxylic acids is 1. The predicted octanol–water partition coefficient (Wildman–Crippen LogP) is 1.37. The fourth-order valence-corrected chi connectivity index (χ4v) is 1.07. The topological polar surface area (TPSA) is 83.8 Å². The van der Waals surface area contributed by atoms with E-state index in [1.165, 1.54) is 0 Å². The van der Waals surface area contributed by atoms with Gasteiger partial charge in [-0.1, -0.05) is 20.8 Å². The van der Waals surface area contributed by atoms with Gasteiger partial charge in [0, 0.05) is 12.5 Å². The van der Waals surface area contributed by atoms with Crippen LogP contribution in [0.15, 0.2) is 6.07 Å². The van der Waals surface area contributed by atoms with Gasteiger partial charge in [-0.3, -0.25) is 9.89 Å². The molecule has 78 valence electrons. The van der Waals surface area contributed by atoms with Crippen molar-refractivity contribution in [2.45, 2.75) is 27.2 Å². The zero-order chi connectivity index (χ0) is 10.8. The molecule has 0 aromatic carbocycles. The third-order valence-corrected chi connectivity index (χ3v) is 1.56. The Bertz CT molecular complexity index is 324. The Morgan fingerprint density at radius 3 is 2.71 bits per heavy atom. The molecular formula is C9H16N4O. The number of aromatic nitrogens is 2. The summed E-state index contributed by atoms with van der Waals surface area (Å²) in [6.07, 6.45) is 0.458. The minimum Gasteiger partial charge on any atom is -0.384 e. The predicted molar refractivity (Wildman–Crippen MR) is 55.7 cm³/mol. The first-order chi connectivity index (χ1) is 6.37. The maximum Gasteiger partial charge on any atom is 0.226 e. The van der Waals surface area contributed by atoms with Crippen molar-refractivity contribution in [1.29, 1.82) is 0 Å². The number of nitrogen functional groups attached to an aromatic ring is 1. The first kappa shape index (κ1) is 10.6. The number of nitrogens with two attached hydrogens (primary N) is 1. The fraction of sp³-hybridized carbons (Fsp3) is 0.556. The number of amides is 1. The number of nitrogens with one attached hydrogen (secondary N) is 2. The Morgan fingerprint density at radius 2 is 2.29 bits per heavy atom. The van der Waals surface area contributed by atoms with Crippen LogP contribution in [-0.4, -0.2) is 16.1 Å². The van der Waals surface area contributed by atoms with Crippen molar-refractivity contribution in [2.24, 2.45) is 5.41 Å². The average molecular weight is 196 g/mol. The van der Waals surface area contributed by atoms with Crippen LogP contribution in [0.5, 0.6) is 0 Å². The lowest BCUT2D eigenvalue weighted by Crippen LogP contribution is -2.19. The van der Waals surface area contributed by atoms with E-state index in [4.69, 9.17) is 5.73 Å². The van der Waals surface area contributed by atoms with Crippen LogP contribution in [0.25, 0.3) is 0 Å². The molecular weight excluding hydrogens is 180 g/mol. The summed E-state index contributed by atoms with van der Waals surface area (Å²) in [5.41, 5.74) is 5.39. The smallest absolute Gasteiger partial charge is 0.226 e. The highest BCUT2D eigenvalue weighted by molar-refractivity contribution is 5.90. The standard InChI is InChI=1S/C9H16N4O/c1-9(2,3)5-8(14)11-7-4-6(10)12-13-7/h4H,5H2,1-3H3,(H4,10,11,12,13,14). The van der Waals surface area contributed by atoms with E-state index in [1.807, 2.05) is 20.8 Å². The van der Waals surface area contributed by atoms with Gasteiger partial charge in [-0.2, -0.15) is 5.10 Å². The molecule has 0 aliphatic carbocycles. The third kappa shape index (κ3) is 3.47. The molecule has 0 saturated heterocycles. The number of H-pyrrole nitrogens is 1. The second-order valence-corrected chi connectivity index (χ2v) is 4.49. The summed E-state index contributed by atoms with van der Waals surface area (Å²) < 4.78 is 0. The van der Waals surface area contributed by atoms with Crippen molar-refractivity contribution in [3.05, 3.63) is 6.07 Å². The molecule has 1 aromatic heterocycles. The third-order valence-electron chi connectivity index (χ3n) is 1.56. The number of hydrogen-bond acceptors (Lipinski definition) is 3. The Labute approximate surface area is 83.1 Å². The summed E-state index contributed by atoms with van der Waals surface area (Å²) in [4.78, 5) is 11.4. The van der Waals surface area contributed by atoms with Crippen LogP contribution in [0.1, 0.15) is 27.2 Å². The van der Waals surface area contributed by atoms with Crippen molar-refractivity contribution in [3.63, 3.8) is 0 Å². The van der Waals surface area contributed by atoms with Crippen LogP contribution < -0.4 is 11.1 Å². The summed E-state index contributed by atoms with van der Waals surface area (Å²) in [5, 5.41) is 9.01. The number of rotatable bonds is 2. The molecule has 0 atom stereocenters. The molecule has 0 spiro atoms. The van der Waals surface area contributed by atoms with Gasteiger partial charge in [0.25, 0.3) is 0 Å². The lowest BCUT2D eigenvalue weighted by molar-refractivity contribution is -0.117. The van der Waals surface area contributed by atoms with Gasteiger partial charge in [-0.15, -0.1) is 0 Å². The van der Waals surface area contributed by atoms with Gasteiger partial charge in [0.1, 0.15) is 5.82 Å². The lowest BCUT2D eigenvalue weighted by atomic mass is 9.92. The molecule has 5 nitrogen and oxygen atoms in total. The zero-order valence-electron chi connectivity index (χ0n) is 8.72. The van der Waals surface area contributed by atoms with Gasteiger partial charge in [-0.05, 0) is 5.41 Å². The summed E-state index contributed by atoms with van der Waals surface area (Å²) in [7, 11) is 0. The van der Waals surface area contributed by atoms with E-state index in [-0.39, 0.29) is 11.3 Å². The zero-order valence-corrected chi connectivity index (χ0v) is 8.72. The molecule has 1 aromatic rings. The molecule has 14 heavy (non-hydrogen) atoms. The lowest BCUT2D eigenvalue weighted by Gasteiger charge is -2.16. The maximum atomic E-state index is 11.4. The van der Waals surface area contributed by atoms with E-state index in [1.54, 1.807) is 6.07 Å². The Hall–Kier alpha value is -1.52. The number of nitrogens with zero attached hydrogens (tertiary/aromatic N) is 1. The van der Waals surface area contributed by atoms with E-state index in [9.17, 15) is 4.79 Å². The highest BCUT2D eigenvalue weighted by atomic mass is 16.1. The fourth-order valence-electron chi connectivity index (χ4n) is 1.07. The van der Waals surface area contributed by atoms with Crippen LogP contribution in [-0.2, 0) is 4.79 Å². The van der Waals surface area contributed by atoms with E-state index in [0.29, 0.717) is 18.1 Å². The molecule has 1 rings (SSSR count). The van der Waals surface area contributed by atoms with Gasteiger partial charge < -0.3 is 11.1 Å². The van der Waals surface area contributed by atoms with E-state index in [2.05, 4.69) is 15.5 Å². The average Bonchev–Trinajstić information content (AvgIpc) is 2.30. The van der Waals surface area contributed by atoms with Gasteiger partial charge in [0.05, 0.1) is 0 Å². The quantitative estimate of drug-likeness (QED) is 0.667. The normalized spacial score (nSPS) is 11.4. The van der Waals surface area contributed by atoms with E-state index < -0.39 is 0 Å². The number of carbonyl (C=O) groups is 1. The van der Waals surface area contributed by atoms with Gasteiger partial charge in [-0.25, -0.2) is 0 Å². The van der Waals surface area contributed by atoms with Crippen molar-refractivity contribution in [3.8, 4) is 0 Å². The van der Waals surface area contributed by atoms with Gasteiger partial charge in [0.2, 0.25) is 5.91 Å². The molecule has 0 fully saturated rings. The Morgan fingerprint density at radius 1 is 1.64 bits per heavy atom.